The van der Waals surface area contributed by atoms with Crippen LogP contribution in [-0.2, 0) is 4.74 Å². The Labute approximate surface area is 128 Å². The second-order valence-corrected chi connectivity index (χ2v) is 6.33. The fourth-order valence-corrected chi connectivity index (χ4v) is 3.80. The maximum absolute atomic E-state index is 12.4. The predicted molar refractivity (Wildman–Crippen MR) is 83.5 cm³/mol. The van der Waals surface area contributed by atoms with Crippen molar-refractivity contribution >= 4 is 28.3 Å². The number of benzene rings is 2. The van der Waals surface area contributed by atoms with Crippen molar-refractivity contribution in [2.75, 3.05) is 0 Å². The fraction of sp³-hybridized carbons (Fsp3) is 0.278. The molecule has 2 nitrogen and oxygen atoms in total. The molecule has 0 amide bonds. The van der Waals surface area contributed by atoms with E-state index in [0.717, 1.165) is 17.2 Å². The SMILES string of the molecule is O=C(OC1C2C=CC(C2)C1Cl)c1ccc2ccccc2c1. The Kier molecular flexibility index (Phi) is 3.00. The van der Waals surface area contributed by atoms with Crippen molar-refractivity contribution < 1.29 is 9.53 Å². The smallest absolute Gasteiger partial charge is 0.338 e. The average molecular weight is 299 g/mol. The van der Waals surface area contributed by atoms with Crippen LogP contribution in [0.4, 0.5) is 0 Å². The number of allylic oxidation sites excluding steroid dienone is 1. The second kappa shape index (κ2) is 4.88. The molecule has 106 valence electrons. The van der Waals surface area contributed by atoms with Crippen LogP contribution in [0.2, 0.25) is 0 Å². The zero-order chi connectivity index (χ0) is 14.4. The summed E-state index contributed by atoms with van der Waals surface area (Å²) < 4.78 is 5.67. The van der Waals surface area contributed by atoms with Crippen molar-refractivity contribution in [3.8, 4) is 0 Å². The van der Waals surface area contributed by atoms with E-state index in [1.807, 2.05) is 42.5 Å². The third-order valence-electron chi connectivity index (χ3n) is 4.52. The number of halogens is 1. The Balaban J connectivity index is 1.58. The summed E-state index contributed by atoms with van der Waals surface area (Å²) in [6.07, 6.45) is 5.08. The van der Waals surface area contributed by atoms with Gasteiger partial charge in [-0.25, -0.2) is 4.79 Å². The second-order valence-electron chi connectivity index (χ2n) is 5.82. The maximum Gasteiger partial charge on any atom is 0.338 e. The van der Waals surface area contributed by atoms with Crippen molar-refractivity contribution in [3.05, 3.63) is 60.2 Å². The topological polar surface area (TPSA) is 26.3 Å². The molecular weight excluding hydrogens is 284 g/mol. The number of rotatable bonds is 2. The molecule has 4 atom stereocenters. The van der Waals surface area contributed by atoms with Gasteiger partial charge < -0.3 is 4.74 Å². The minimum absolute atomic E-state index is 0.0931. The zero-order valence-corrected chi connectivity index (χ0v) is 12.2. The first-order valence-electron chi connectivity index (χ1n) is 7.24. The lowest BCUT2D eigenvalue weighted by atomic mass is 10.0. The number of carbonyl (C=O) groups is 1. The van der Waals surface area contributed by atoms with E-state index in [4.69, 9.17) is 16.3 Å². The van der Waals surface area contributed by atoms with Crippen LogP contribution in [0.5, 0.6) is 0 Å². The summed E-state index contributed by atoms with van der Waals surface area (Å²) in [5.74, 6) is 0.352. The molecule has 2 aliphatic rings. The monoisotopic (exact) mass is 298 g/mol. The van der Waals surface area contributed by atoms with Gasteiger partial charge in [-0.3, -0.25) is 0 Å². The number of ether oxygens (including phenoxy) is 1. The average Bonchev–Trinajstić information content (AvgIpc) is 3.10. The highest BCUT2D eigenvalue weighted by Gasteiger charge is 2.46. The van der Waals surface area contributed by atoms with Crippen LogP contribution in [0.1, 0.15) is 16.8 Å². The first-order valence-corrected chi connectivity index (χ1v) is 7.68. The number of fused-ring (bicyclic) bond motifs is 3. The van der Waals surface area contributed by atoms with Gasteiger partial charge in [-0.05, 0) is 35.2 Å². The zero-order valence-electron chi connectivity index (χ0n) is 11.4. The van der Waals surface area contributed by atoms with E-state index >= 15 is 0 Å². The molecule has 3 heteroatoms. The Morgan fingerprint density at radius 1 is 1.05 bits per heavy atom. The van der Waals surface area contributed by atoms with Gasteiger partial charge in [0, 0.05) is 5.92 Å². The van der Waals surface area contributed by atoms with E-state index in [2.05, 4.69) is 12.2 Å². The molecule has 21 heavy (non-hydrogen) atoms. The molecule has 2 aromatic rings. The Hall–Kier alpha value is -1.80. The highest BCUT2D eigenvalue weighted by molar-refractivity contribution is 6.21. The molecular formula is C18H15ClO2. The number of alkyl halides is 1. The van der Waals surface area contributed by atoms with Gasteiger partial charge in [0.05, 0.1) is 10.9 Å². The molecule has 2 bridgehead atoms. The van der Waals surface area contributed by atoms with Crippen LogP contribution >= 0.6 is 11.6 Å². The molecule has 0 saturated heterocycles. The Morgan fingerprint density at radius 3 is 2.57 bits per heavy atom. The molecule has 4 rings (SSSR count). The minimum atomic E-state index is -0.280. The molecule has 0 aromatic heterocycles. The molecule has 0 spiro atoms. The number of hydrogen-bond acceptors (Lipinski definition) is 2. The van der Waals surface area contributed by atoms with Crippen molar-refractivity contribution in [2.45, 2.75) is 17.9 Å². The van der Waals surface area contributed by atoms with Crippen molar-refractivity contribution in [2.24, 2.45) is 11.8 Å². The standard InChI is InChI=1S/C18H15ClO2/c19-16-13-6-7-14(10-13)17(16)21-18(20)15-8-5-11-3-1-2-4-12(11)9-15/h1-9,13-14,16-17H,10H2. The van der Waals surface area contributed by atoms with Crippen LogP contribution < -0.4 is 0 Å². The van der Waals surface area contributed by atoms with E-state index < -0.39 is 0 Å². The third kappa shape index (κ3) is 2.14. The van der Waals surface area contributed by atoms with Gasteiger partial charge in [-0.15, -0.1) is 11.6 Å². The van der Waals surface area contributed by atoms with E-state index in [0.29, 0.717) is 11.5 Å². The van der Waals surface area contributed by atoms with Gasteiger partial charge in [0.2, 0.25) is 0 Å². The quantitative estimate of drug-likeness (QED) is 0.472. The lowest BCUT2D eigenvalue weighted by Gasteiger charge is -2.23. The molecule has 0 heterocycles. The van der Waals surface area contributed by atoms with E-state index in [-0.39, 0.29) is 23.4 Å². The molecule has 2 aliphatic carbocycles. The van der Waals surface area contributed by atoms with Crippen molar-refractivity contribution in [1.82, 2.24) is 0 Å². The van der Waals surface area contributed by atoms with Crippen LogP contribution in [0.15, 0.2) is 54.6 Å². The minimum Gasteiger partial charge on any atom is -0.457 e. The molecule has 1 saturated carbocycles. The van der Waals surface area contributed by atoms with Crippen molar-refractivity contribution in [3.63, 3.8) is 0 Å². The van der Waals surface area contributed by atoms with Gasteiger partial charge in [-0.2, -0.15) is 0 Å². The Morgan fingerprint density at radius 2 is 1.81 bits per heavy atom. The summed E-state index contributed by atoms with van der Waals surface area (Å²) in [4.78, 5) is 12.4. The summed E-state index contributed by atoms with van der Waals surface area (Å²) in [7, 11) is 0. The summed E-state index contributed by atoms with van der Waals surface area (Å²) in [6, 6.07) is 13.6. The van der Waals surface area contributed by atoms with Gasteiger partial charge in [0.1, 0.15) is 6.10 Å². The lowest BCUT2D eigenvalue weighted by molar-refractivity contribution is 0.0251. The Bertz CT molecular complexity index is 737. The van der Waals surface area contributed by atoms with Crippen LogP contribution in [0.3, 0.4) is 0 Å². The predicted octanol–water partition coefficient (Wildman–Crippen LogP) is 4.18. The molecule has 2 aromatic carbocycles. The maximum atomic E-state index is 12.4. The third-order valence-corrected chi connectivity index (χ3v) is 5.09. The van der Waals surface area contributed by atoms with Crippen LogP contribution in [0.25, 0.3) is 10.8 Å². The first kappa shape index (κ1) is 12.9. The summed E-state index contributed by atoms with van der Waals surface area (Å²) >= 11 is 6.37. The van der Waals surface area contributed by atoms with E-state index in [9.17, 15) is 4.79 Å². The summed E-state index contributed by atoms with van der Waals surface area (Å²) in [5.41, 5.74) is 0.587. The fourth-order valence-electron chi connectivity index (χ4n) is 3.38. The van der Waals surface area contributed by atoms with Gasteiger partial charge in [-0.1, -0.05) is 42.5 Å². The normalized spacial score (nSPS) is 30.0. The highest BCUT2D eigenvalue weighted by atomic mass is 35.5. The number of hydrogen-bond donors (Lipinski definition) is 0. The van der Waals surface area contributed by atoms with Crippen LogP contribution in [0, 0.1) is 11.8 Å². The van der Waals surface area contributed by atoms with Gasteiger partial charge in [0.25, 0.3) is 0 Å². The largest absolute Gasteiger partial charge is 0.457 e. The van der Waals surface area contributed by atoms with E-state index in [1.54, 1.807) is 0 Å². The van der Waals surface area contributed by atoms with Crippen LogP contribution in [-0.4, -0.2) is 17.5 Å². The molecule has 1 fully saturated rings. The molecule has 0 N–H and O–H groups in total. The number of esters is 1. The first-order chi connectivity index (χ1) is 10.2. The lowest BCUT2D eigenvalue weighted by Crippen LogP contribution is -2.31. The molecule has 0 aliphatic heterocycles. The van der Waals surface area contributed by atoms with Gasteiger partial charge >= 0.3 is 5.97 Å². The number of carbonyl (C=O) groups excluding carboxylic acids is 1. The summed E-state index contributed by atoms with van der Waals surface area (Å²) in [6.45, 7) is 0. The van der Waals surface area contributed by atoms with E-state index in [1.165, 1.54) is 0 Å². The summed E-state index contributed by atoms with van der Waals surface area (Å²) in [5, 5.41) is 2.07. The molecule has 4 unspecified atom stereocenters. The molecule has 0 radical (unpaired) electrons. The van der Waals surface area contributed by atoms with Gasteiger partial charge in [0.15, 0.2) is 0 Å². The van der Waals surface area contributed by atoms with Crippen molar-refractivity contribution in [1.29, 1.82) is 0 Å². The highest BCUT2D eigenvalue weighted by Crippen LogP contribution is 2.44.